The molecule has 17 heavy (non-hydrogen) atoms. The van der Waals surface area contributed by atoms with Gasteiger partial charge in [0.2, 0.25) is 0 Å². The van der Waals surface area contributed by atoms with Gasteiger partial charge in [-0.1, -0.05) is 30.3 Å². The fourth-order valence-electron chi connectivity index (χ4n) is 2.94. The number of benzene rings is 1. The van der Waals surface area contributed by atoms with Crippen molar-refractivity contribution in [2.75, 3.05) is 13.1 Å². The normalized spacial score (nSPS) is 33.1. The molecule has 1 aromatic rings. The van der Waals surface area contributed by atoms with Crippen molar-refractivity contribution in [2.45, 2.75) is 43.7 Å². The number of nitrogens with one attached hydrogen (secondary N) is 2. The van der Waals surface area contributed by atoms with Gasteiger partial charge in [0.15, 0.2) is 0 Å². The van der Waals surface area contributed by atoms with Crippen molar-refractivity contribution in [1.82, 2.24) is 10.6 Å². The van der Waals surface area contributed by atoms with Crippen LogP contribution in [-0.4, -0.2) is 25.2 Å². The first kappa shape index (κ1) is 11.2. The maximum atomic E-state index is 3.84. The first-order chi connectivity index (χ1) is 8.43. The second-order valence-electron chi connectivity index (χ2n) is 5.40. The molecule has 1 aliphatic carbocycles. The molecule has 3 atom stereocenters. The summed E-state index contributed by atoms with van der Waals surface area (Å²) in [5.41, 5.74) is 1.51. The Kier molecular flexibility index (Phi) is 3.44. The summed E-state index contributed by atoms with van der Waals surface area (Å²) in [6.07, 6.45) is 5.28. The fraction of sp³-hybridized carbons (Fsp3) is 0.600. The Hall–Kier alpha value is -0.860. The van der Waals surface area contributed by atoms with Crippen LogP contribution in [0, 0.1) is 0 Å². The number of hydrogen-bond acceptors (Lipinski definition) is 2. The highest BCUT2D eigenvalue weighted by Crippen LogP contribution is 2.41. The lowest BCUT2D eigenvalue weighted by molar-refractivity contribution is 0.462. The molecule has 0 amide bonds. The van der Waals surface area contributed by atoms with Crippen molar-refractivity contribution < 1.29 is 0 Å². The molecule has 1 saturated heterocycles. The Morgan fingerprint density at radius 2 is 1.94 bits per heavy atom. The maximum absolute atomic E-state index is 3.84. The lowest BCUT2D eigenvalue weighted by Crippen LogP contribution is -2.32. The molecule has 3 unspecified atom stereocenters. The third-order valence-corrected chi connectivity index (χ3v) is 4.04. The van der Waals surface area contributed by atoms with E-state index in [2.05, 4.69) is 41.0 Å². The van der Waals surface area contributed by atoms with Gasteiger partial charge in [-0.15, -0.1) is 0 Å². The van der Waals surface area contributed by atoms with Crippen molar-refractivity contribution in [2.24, 2.45) is 0 Å². The zero-order valence-electron chi connectivity index (χ0n) is 10.4. The summed E-state index contributed by atoms with van der Waals surface area (Å²) in [5, 5.41) is 7.32. The van der Waals surface area contributed by atoms with Gasteiger partial charge in [-0.2, -0.15) is 0 Å². The molecule has 92 valence electrons. The maximum Gasteiger partial charge on any atom is 0.0145 e. The molecule has 2 heteroatoms. The van der Waals surface area contributed by atoms with Gasteiger partial charge in [0.05, 0.1) is 0 Å². The minimum Gasteiger partial charge on any atom is -0.317 e. The standard InChI is InChI=1S/C15H22N2/c1-2-5-12(6-3-1)14-11-15(14)17-13-7-4-9-16-10-8-13/h1-3,5-6,13-17H,4,7-11H2. The highest BCUT2D eigenvalue weighted by atomic mass is 15.0. The Labute approximate surface area is 104 Å². The Balaban J connectivity index is 1.51. The van der Waals surface area contributed by atoms with Gasteiger partial charge < -0.3 is 10.6 Å². The average molecular weight is 230 g/mol. The van der Waals surface area contributed by atoms with E-state index in [0.717, 1.165) is 18.0 Å². The number of rotatable bonds is 3. The van der Waals surface area contributed by atoms with E-state index in [1.807, 2.05) is 0 Å². The summed E-state index contributed by atoms with van der Waals surface area (Å²) in [4.78, 5) is 0. The van der Waals surface area contributed by atoms with Gasteiger partial charge in [0, 0.05) is 18.0 Å². The van der Waals surface area contributed by atoms with E-state index in [0.29, 0.717) is 0 Å². The molecule has 2 N–H and O–H groups in total. The third kappa shape index (κ3) is 2.88. The van der Waals surface area contributed by atoms with Crippen molar-refractivity contribution in [3.8, 4) is 0 Å². The first-order valence-electron chi connectivity index (χ1n) is 6.95. The highest BCUT2D eigenvalue weighted by Gasteiger charge is 2.39. The van der Waals surface area contributed by atoms with Crippen LogP contribution in [-0.2, 0) is 0 Å². The predicted molar refractivity (Wildman–Crippen MR) is 71.2 cm³/mol. The third-order valence-electron chi connectivity index (χ3n) is 4.04. The second-order valence-corrected chi connectivity index (χ2v) is 5.40. The molecule has 0 spiro atoms. The topological polar surface area (TPSA) is 24.1 Å². The first-order valence-corrected chi connectivity index (χ1v) is 6.95. The summed E-state index contributed by atoms with van der Waals surface area (Å²) in [6.45, 7) is 2.38. The van der Waals surface area contributed by atoms with Crippen LogP contribution in [0.2, 0.25) is 0 Å². The molecule has 0 aromatic heterocycles. The van der Waals surface area contributed by atoms with Crippen LogP contribution in [0.25, 0.3) is 0 Å². The summed E-state index contributed by atoms with van der Waals surface area (Å²) in [7, 11) is 0. The monoisotopic (exact) mass is 230 g/mol. The van der Waals surface area contributed by atoms with Gasteiger partial charge in [0.1, 0.15) is 0 Å². The van der Waals surface area contributed by atoms with Crippen molar-refractivity contribution in [3.63, 3.8) is 0 Å². The molecule has 1 heterocycles. The molecule has 2 fully saturated rings. The van der Waals surface area contributed by atoms with Crippen LogP contribution in [0.4, 0.5) is 0 Å². The second kappa shape index (κ2) is 5.19. The lowest BCUT2D eigenvalue weighted by Gasteiger charge is -2.15. The van der Waals surface area contributed by atoms with E-state index in [-0.39, 0.29) is 0 Å². The zero-order valence-corrected chi connectivity index (χ0v) is 10.4. The van der Waals surface area contributed by atoms with Crippen LogP contribution in [0.3, 0.4) is 0 Å². The van der Waals surface area contributed by atoms with Gasteiger partial charge >= 0.3 is 0 Å². The Bertz CT molecular complexity index is 341. The number of hydrogen-bond donors (Lipinski definition) is 2. The lowest BCUT2D eigenvalue weighted by atomic mass is 10.1. The van der Waals surface area contributed by atoms with Crippen molar-refractivity contribution in [3.05, 3.63) is 35.9 Å². The molecule has 0 radical (unpaired) electrons. The van der Waals surface area contributed by atoms with E-state index < -0.39 is 0 Å². The predicted octanol–water partition coefficient (Wildman–Crippen LogP) is 2.27. The van der Waals surface area contributed by atoms with E-state index >= 15 is 0 Å². The molecule has 3 rings (SSSR count). The molecule has 1 aromatic carbocycles. The minimum absolute atomic E-state index is 0.737. The van der Waals surface area contributed by atoms with Crippen LogP contribution >= 0.6 is 0 Å². The van der Waals surface area contributed by atoms with E-state index in [9.17, 15) is 0 Å². The van der Waals surface area contributed by atoms with Gasteiger partial charge in [0.25, 0.3) is 0 Å². The Morgan fingerprint density at radius 3 is 2.82 bits per heavy atom. The molecule has 1 aliphatic heterocycles. The smallest absolute Gasteiger partial charge is 0.0145 e. The largest absolute Gasteiger partial charge is 0.317 e. The summed E-state index contributed by atoms with van der Waals surface area (Å²) < 4.78 is 0. The van der Waals surface area contributed by atoms with Gasteiger partial charge in [-0.05, 0) is 44.3 Å². The molecule has 2 aliphatic rings. The van der Waals surface area contributed by atoms with Crippen LogP contribution in [0.1, 0.15) is 37.2 Å². The summed E-state index contributed by atoms with van der Waals surface area (Å²) in [5.74, 6) is 0.771. The molecular weight excluding hydrogens is 208 g/mol. The van der Waals surface area contributed by atoms with Crippen molar-refractivity contribution >= 4 is 0 Å². The Morgan fingerprint density at radius 1 is 1.06 bits per heavy atom. The van der Waals surface area contributed by atoms with Crippen LogP contribution in [0.5, 0.6) is 0 Å². The zero-order chi connectivity index (χ0) is 11.5. The highest BCUT2D eigenvalue weighted by molar-refractivity contribution is 5.27. The van der Waals surface area contributed by atoms with Crippen molar-refractivity contribution in [1.29, 1.82) is 0 Å². The van der Waals surface area contributed by atoms with Crippen LogP contribution in [0.15, 0.2) is 30.3 Å². The van der Waals surface area contributed by atoms with E-state index in [1.165, 1.54) is 44.3 Å². The van der Waals surface area contributed by atoms with Crippen LogP contribution < -0.4 is 10.6 Å². The van der Waals surface area contributed by atoms with E-state index in [4.69, 9.17) is 0 Å². The molecule has 1 saturated carbocycles. The average Bonchev–Trinajstić information content (AvgIpc) is 3.16. The molecule has 2 nitrogen and oxygen atoms in total. The van der Waals surface area contributed by atoms with Gasteiger partial charge in [-0.25, -0.2) is 0 Å². The minimum atomic E-state index is 0.737. The molecule has 0 bridgehead atoms. The SMILES string of the molecule is c1ccc(C2CC2NC2CCCNCC2)cc1. The quantitative estimate of drug-likeness (QED) is 0.832. The molecular formula is C15H22N2. The van der Waals surface area contributed by atoms with Gasteiger partial charge in [-0.3, -0.25) is 0 Å². The summed E-state index contributed by atoms with van der Waals surface area (Å²) in [6, 6.07) is 12.4. The van der Waals surface area contributed by atoms with E-state index in [1.54, 1.807) is 0 Å². The summed E-state index contributed by atoms with van der Waals surface area (Å²) >= 11 is 0. The fourth-order valence-corrected chi connectivity index (χ4v) is 2.94.